The predicted octanol–water partition coefficient (Wildman–Crippen LogP) is 3.70. The van der Waals surface area contributed by atoms with Gasteiger partial charge < -0.3 is 5.41 Å². The van der Waals surface area contributed by atoms with Crippen LogP contribution in [0.15, 0.2) is 29.8 Å². The second kappa shape index (κ2) is 5.50. The molecule has 0 radical (unpaired) electrons. The smallest absolute Gasteiger partial charge is 0.0209 e. The van der Waals surface area contributed by atoms with E-state index in [-0.39, 0.29) is 0 Å². The number of hydrogen-bond acceptors (Lipinski definition) is 1. The Kier molecular flexibility index (Phi) is 4.29. The van der Waals surface area contributed by atoms with Crippen LogP contribution in [-0.2, 0) is 12.8 Å². The minimum atomic E-state index is 0.885. The average Bonchev–Trinajstić information content (AvgIpc) is 2.27. The number of benzene rings is 1. The average molecular weight is 201 g/mol. The van der Waals surface area contributed by atoms with E-state index in [1.54, 1.807) is 0 Å². The summed E-state index contributed by atoms with van der Waals surface area (Å²) in [6.07, 6.45) is 5.41. The van der Waals surface area contributed by atoms with Crippen LogP contribution in [0.1, 0.15) is 30.5 Å². The SMILES string of the molecule is C/C=C(\C=N)Cc1c(C)cccc1CC. The van der Waals surface area contributed by atoms with Crippen molar-refractivity contribution in [3.63, 3.8) is 0 Å². The molecule has 80 valence electrons. The van der Waals surface area contributed by atoms with Crippen LogP contribution in [0.25, 0.3) is 0 Å². The molecule has 0 aromatic heterocycles. The van der Waals surface area contributed by atoms with Crippen molar-refractivity contribution < 1.29 is 0 Å². The Hall–Kier alpha value is -1.37. The summed E-state index contributed by atoms with van der Waals surface area (Å²) in [6.45, 7) is 6.31. The van der Waals surface area contributed by atoms with Crippen molar-refractivity contribution in [2.24, 2.45) is 0 Å². The Morgan fingerprint density at radius 1 is 1.40 bits per heavy atom. The van der Waals surface area contributed by atoms with E-state index in [4.69, 9.17) is 5.41 Å². The first-order valence-corrected chi connectivity index (χ1v) is 5.46. The standard InChI is InChI=1S/C14H19N/c1-4-12(10-15)9-14-11(3)7-6-8-13(14)5-2/h4,6-8,10,15H,5,9H2,1-3H3/b12-4-,15-10?. The highest BCUT2D eigenvalue weighted by Gasteiger charge is 2.05. The van der Waals surface area contributed by atoms with Gasteiger partial charge in [0.2, 0.25) is 0 Å². The fourth-order valence-electron chi connectivity index (χ4n) is 1.79. The van der Waals surface area contributed by atoms with Gasteiger partial charge in [-0.05, 0) is 49.0 Å². The first kappa shape index (κ1) is 11.7. The Morgan fingerprint density at radius 2 is 2.13 bits per heavy atom. The van der Waals surface area contributed by atoms with Crippen molar-refractivity contribution in [3.05, 3.63) is 46.5 Å². The molecule has 0 atom stereocenters. The van der Waals surface area contributed by atoms with E-state index < -0.39 is 0 Å². The van der Waals surface area contributed by atoms with Crippen molar-refractivity contribution in [2.75, 3.05) is 0 Å². The summed E-state index contributed by atoms with van der Waals surface area (Å²) in [5, 5.41) is 7.31. The van der Waals surface area contributed by atoms with Gasteiger partial charge in [-0.25, -0.2) is 0 Å². The molecule has 0 unspecified atom stereocenters. The summed E-state index contributed by atoms with van der Waals surface area (Å²) in [6, 6.07) is 6.43. The molecule has 1 N–H and O–H groups in total. The summed E-state index contributed by atoms with van der Waals surface area (Å²) in [4.78, 5) is 0. The van der Waals surface area contributed by atoms with Crippen LogP contribution in [-0.4, -0.2) is 6.21 Å². The summed E-state index contributed by atoms with van der Waals surface area (Å²) < 4.78 is 0. The fourth-order valence-corrected chi connectivity index (χ4v) is 1.79. The number of rotatable bonds is 4. The summed E-state index contributed by atoms with van der Waals surface area (Å²) in [5.41, 5.74) is 5.20. The van der Waals surface area contributed by atoms with Crippen LogP contribution < -0.4 is 0 Å². The maximum absolute atomic E-state index is 7.31. The van der Waals surface area contributed by atoms with Gasteiger partial charge >= 0.3 is 0 Å². The molecule has 0 spiro atoms. The first-order valence-electron chi connectivity index (χ1n) is 5.46. The minimum Gasteiger partial charge on any atom is -0.308 e. The third kappa shape index (κ3) is 2.79. The molecule has 0 saturated carbocycles. The van der Waals surface area contributed by atoms with Crippen LogP contribution in [0, 0.1) is 12.3 Å². The van der Waals surface area contributed by atoms with Crippen molar-refractivity contribution in [2.45, 2.75) is 33.6 Å². The van der Waals surface area contributed by atoms with E-state index in [2.05, 4.69) is 32.0 Å². The lowest BCUT2D eigenvalue weighted by Gasteiger charge is -2.11. The van der Waals surface area contributed by atoms with Gasteiger partial charge in [-0.3, -0.25) is 0 Å². The quantitative estimate of drug-likeness (QED) is 0.718. The third-order valence-electron chi connectivity index (χ3n) is 2.83. The van der Waals surface area contributed by atoms with Crippen LogP contribution in [0.4, 0.5) is 0 Å². The Balaban J connectivity index is 3.07. The van der Waals surface area contributed by atoms with Crippen LogP contribution in [0.2, 0.25) is 0 Å². The summed E-state index contributed by atoms with van der Waals surface area (Å²) >= 11 is 0. The molecule has 0 aliphatic heterocycles. The second-order valence-corrected chi connectivity index (χ2v) is 3.75. The van der Waals surface area contributed by atoms with Crippen molar-refractivity contribution in [1.82, 2.24) is 0 Å². The number of allylic oxidation sites excluding steroid dienone is 2. The Labute approximate surface area is 92.3 Å². The number of hydrogen-bond donors (Lipinski definition) is 1. The van der Waals surface area contributed by atoms with E-state index in [1.165, 1.54) is 22.9 Å². The molecule has 1 aromatic carbocycles. The molecule has 0 bridgehead atoms. The predicted molar refractivity (Wildman–Crippen MR) is 66.8 cm³/mol. The van der Waals surface area contributed by atoms with E-state index in [9.17, 15) is 0 Å². The number of aryl methyl sites for hydroxylation is 2. The normalized spacial score (nSPS) is 11.5. The van der Waals surface area contributed by atoms with Gasteiger partial charge in [0.1, 0.15) is 0 Å². The molecule has 15 heavy (non-hydrogen) atoms. The monoisotopic (exact) mass is 201 g/mol. The molecule has 1 nitrogen and oxygen atoms in total. The van der Waals surface area contributed by atoms with Gasteiger partial charge in [-0.2, -0.15) is 0 Å². The number of nitrogens with one attached hydrogen (secondary N) is 1. The zero-order valence-corrected chi connectivity index (χ0v) is 9.80. The van der Waals surface area contributed by atoms with Gasteiger partial charge in [0.15, 0.2) is 0 Å². The first-order chi connectivity index (χ1) is 7.22. The van der Waals surface area contributed by atoms with Crippen LogP contribution in [0.5, 0.6) is 0 Å². The lowest BCUT2D eigenvalue weighted by molar-refractivity contribution is 1.05. The van der Waals surface area contributed by atoms with Crippen molar-refractivity contribution in [1.29, 1.82) is 5.41 Å². The van der Waals surface area contributed by atoms with Crippen molar-refractivity contribution >= 4 is 6.21 Å². The van der Waals surface area contributed by atoms with Gasteiger partial charge in [0, 0.05) is 6.21 Å². The van der Waals surface area contributed by atoms with Crippen LogP contribution in [0.3, 0.4) is 0 Å². The Morgan fingerprint density at radius 3 is 2.67 bits per heavy atom. The topological polar surface area (TPSA) is 23.9 Å². The zero-order chi connectivity index (χ0) is 11.3. The zero-order valence-electron chi connectivity index (χ0n) is 9.80. The second-order valence-electron chi connectivity index (χ2n) is 3.75. The van der Waals surface area contributed by atoms with Gasteiger partial charge in [-0.15, -0.1) is 0 Å². The van der Waals surface area contributed by atoms with E-state index in [1.807, 2.05) is 13.0 Å². The lowest BCUT2D eigenvalue weighted by atomic mass is 9.94. The Bertz CT molecular complexity index is 375. The molecule has 1 heteroatoms. The summed E-state index contributed by atoms with van der Waals surface area (Å²) in [5.74, 6) is 0. The molecule has 0 aliphatic rings. The molecule has 0 amide bonds. The van der Waals surface area contributed by atoms with E-state index in [0.717, 1.165) is 18.4 Å². The summed E-state index contributed by atoms with van der Waals surface area (Å²) in [7, 11) is 0. The highest BCUT2D eigenvalue weighted by molar-refractivity contribution is 5.76. The third-order valence-corrected chi connectivity index (χ3v) is 2.83. The van der Waals surface area contributed by atoms with E-state index in [0.29, 0.717) is 0 Å². The molecule has 0 heterocycles. The van der Waals surface area contributed by atoms with Gasteiger partial charge in [0.05, 0.1) is 0 Å². The largest absolute Gasteiger partial charge is 0.308 e. The molecular weight excluding hydrogens is 182 g/mol. The molecular formula is C14H19N. The fraction of sp³-hybridized carbons (Fsp3) is 0.357. The molecule has 1 aromatic rings. The maximum Gasteiger partial charge on any atom is 0.0209 e. The van der Waals surface area contributed by atoms with Gasteiger partial charge in [-0.1, -0.05) is 31.2 Å². The molecule has 0 saturated heterocycles. The molecule has 1 rings (SSSR count). The minimum absolute atomic E-state index is 0.885. The lowest BCUT2D eigenvalue weighted by Crippen LogP contribution is -1.99. The van der Waals surface area contributed by atoms with Crippen molar-refractivity contribution in [3.8, 4) is 0 Å². The highest BCUT2D eigenvalue weighted by atomic mass is 14.3. The van der Waals surface area contributed by atoms with Gasteiger partial charge in [0.25, 0.3) is 0 Å². The maximum atomic E-state index is 7.31. The van der Waals surface area contributed by atoms with E-state index >= 15 is 0 Å². The van der Waals surface area contributed by atoms with Crippen LogP contribution >= 0.6 is 0 Å². The molecule has 0 aliphatic carbocycles. The highest BCUT2D eigenvalue weighted by Crippen LogP contribution is 2.18. The molecule has 0 fully saturated rings.